The quantitative estimate of drug-likeness (QED) is 0.619. The van der Waals surface area contributed by atoms with E-state index in [2.05, 4.69) is 29.3 Å². The molecule has 1 aromatic rings. The van der Waals surface area contributed by atoms with E-state index in [4.69, 9.17) is 0 Å². The molecule has 0 fully saturated rings. The Morgan fingerprint density at radius 3 is 2.53 bits per heavy atom. The van der Waals surface area contributed by atoms with Crippen LogP contribution in [0.3, 0.4) is 0 Å². The third kappa shape index (κ3) is 4.91. The molecule has 0 aromatic carbocycles. The molecule has 0 spiro atoms. The number of unbranched alkanes of at least 4 members (excludes halogenated alkanes) is 4. The fraction of sp³-hybridized carbons (Fsp3) is 0.909. The van der Waals surface area contributed by atoms with E-state index in [1.807, 2.05) is 0 Å². The summed E-state index contributed by atoms with van der Waals surface area (Å²) >= 11 is 0. The Balaban J connectivity index is 2.20. The summed E-state index contributed by atoms with van der Waals surface area (Å²) in [5.41, 5.74) is 0. The molecule has 0 radical (unpaired) electrons. The highest BCUT2D eigenvalue weighted by atomic mass is 15.6. The van der Waals surface area contributed by atoms with Crippen molar-refractivity contribution in [1.82, 2.24) is 20.2 Å². The van der Waals surface area contributed by atoms with Gasteiger partial charge < -0.3 is 0 Å². The fourth-order valence-corrected chi connectivity index (χ4v) is 1.48. The van der Waals surface area contributed by atoms with Gasteiger partial charge >= 0.3 is 0 Å². The van der Waals surface area contributed by atoms with Crippen molar-refractivity contribution in [3.63, 3.8) is 0 Å². The van der Waals surface area contributed by atoms with Gasteiger partial charge in [-0.3, -0.25) is 0 Å². The average molecular weight is 210 g/mol. The first-order chi connectivity index (χ1) is 7.36. The third-order valence-electron chi connectivity index (χ3n) is 2.46. The van der Waals surface area contributed by atoms with Crippen molar-refractivity contribution in [2.45, 2.75) is 65.3 Å². The topological polar surface area (TPSA) is 43.6 Å². The van der Waals surface area contributed by atoms with Gasteiger partial charge in [-0.25, -0.2) is 0 Å². The maximum atomic E-state index is 4.34. The van der Waals surface area contributed by atoms with Crippen molar-refractivity contribution in [3.8, 4) is 0 Å². The molecule has 86 valence electrons. The first-order valence-corrected chi connectivity index (χ1v) is 6.13. The zero-order valence-electron chi connectivity index (χ0n) is 9.95. The largest absolute Gasteiger partial charge is 0.174 e. The molecule has 0 aliphatic carbocycles. The van der Waals surface area contributed by atoms with Crippen molar-refractivity contribution in [2.24, 2.45) is 0 Å². The van der Waals surface area contributed by atoms with Gasteiger partial charge in [0.2, 0.25) is 0 Å². The SMILES string of the molecule is CCCCCCc1nnn(CCCC)n1. The monoisotopic (exact) mass is 210 g/mol. The normalized spacial score (nSPS) is 10.8. The maximum absolute atomic E-state index is 4.34. The van der Waals surface area contributed by atoms with E-state index in [1.165, 1.54) is 32.1 Å². The number of hydrogen-bond acceptors (Lipinski definition) is 3. The van der Waals surface area contributed by atoms with E-state index in [-0.39, 0.29) is 0 Å². The molecule has 0 saturated carbocycles. The Morgan fingerprint density at radius 1 is 1.00 bits per heavy atom. The lowest BCUT2D eigenvalue weighted by molar-refractivity contribution is 0.493. The first-order valence-electron chi connectivity index (χ1n) is 6.13. The van der Waals surface area contributed by atoms with Gasteiger partial charge in [0.1, 0.15) is 0 Å². The molecule has 0 aliphatic rings. The van der Waals surface area contributed by atoms with E-state index in [0.29, 0.717) is 0 Å². The lowest BCUT2D eigenvalue weighted by atomic mass is 10.1. The number of aromatic nitrogens is 4. The Kier molecular flexibility index (Phi) is 5.97. The molecule has 0 aliphatic heterocycles. The number of nitrogens with zero attached hydrogens (tertiary/aromatic N) is 4. The molecule has 1 heterocycles. The van der Waals surface area contributed by atoms with Crippen LogP contribution in [0.2, 0.25) is 0 Å². The van der Waals surface area contributed by atoms with Crippen molar-refractivity contribution in [3.05, 3.63) is 5.82 Å². The summed E-state index contributed by atoms with van der Waals surface area (Å²) in [7, 11) is 0. The van der Waals surface area contributed by atoms with Crippen LogP contribution in [0.4, 0.5) is 0 Å². The van der Waals surface area contributed by atoms with Crippen LogP contribution in [-0.2, 0) is 13.0 Å². The molecule has 0 bridgehead atoms. The van der Waals surface area contributed by atoms with Gasteiger partial charge in [0.15, 0.2) is 5.82 Å². The summed E-state index contributed by atoms with van der Waals surface area (Å²) in [5.74, 6) is 0.905. The van der Waals surface area contributed by atoms with Crippen molar-refractivity contribution in [2.75, 3.05) is 0 Å². The number of tetrazole rings is 1. The molecule has 0 unspecified atom stereocenters. The smallest absolute Gasteiger partial charge is 0.164 e. The minimum absolute atomic E-state index is 0.901. The van der Waals surface area contributed by atoms with Crippen molar-refractivity contribution >= 4 is 0 Å². The van der Waals surface area contributed by atoms with Crippen LogP contribution in [0.15, 0.2) is 0 Å². The van der Waals surface area contributed by atoms with Crippen LogP contribution in [0.25, 0.3) is 0 Å². The van der Waals surface area contributed by atoms with Gasteiger partial charge in [-0.1, -0.05) is 39.5 Å². The van der Waals surface area contributed by atoms with E-state index >= 15 is 0 Å². The maximum Gasteiger partial charge on any atom is 0.174 e. The Labute approximate surface area is 92.1 Å². The second-order valence-electron chi connectivity index (χ2n) is 3.97. The average Bonchev–Trinajstić information content (AvgIpc) is 2.69. The standard InChI is InChI=1S/C11H22N4/c1-3-5-7-8-9-11-12-14-15(13-11)10-6-4-2/h3-10H2,1-2H3. The summed E-state index contributed by atoms with van der Waals surface area (Å²) in [6.07, 6.45) is 8.33. The van der Waals surface area contributed by atoms with Gasteiger partial charge in [-0.15, -0.1) is 10.2 Å². The summed E-state index contributed by atoms with van der Waals surface area (Å²) < 4.78 is 0. The first kappa shape index (κ1) is 12.1. The van der Waals surface area contributed by atoms with Crippen LogP contribution in [-0.4, -0.2) is 20.2 Å². The molecular formula is C11H22N4. The van der Waals surface area contributed by atoms with Crippen LogP contribution in [0.1, 0.15) is 58.2 Å². The number of aryl methyl sites for hydroxylation is 2. The van der Waals surface area contributed by atoms with Crippen molar-refractivity contribution < 1.29 is 0 Å². The highest BCUT2D eigenvalue weighted by Crippen LogP contribution is 2.03. The Hall–Kier alpha value is -0.930. The van der Waals surface area contributed by atoms with Crippen LogP contribution in [0.5, 0.6) is 0 Å². The highest BCUT2D eigenvalue weighted by molar-refractivity contribution is 4.76. The fourth-order valence-electron chi connectivity index (χ4n) is 1.48. The van der Waals surface area contributed by atoms with E-state index in [1.54, 1.807) is 4.80 Å². The minimum Gasteiger partial charge on any atom is -0.164 e. The molecule has 4 heteroatoms. The van der Waals surface area contributed by atoms with Crippen molar-refractivity contribution in [1.29, 1.82) is 0 Å². The zero-order chi connectivity index (χ0) is 10.9. The zero-order valence-corrected chi connectivity index (χ0v) is 9.95. The third-order valence-corrected chi connectivity index (χ3v) is 2.46. The lowest BCUT2D eigenvalue weighted by Gasteiger charge is -1.95. The molecule has 4 nitrogen and oxygen atoms in total. The second kappa shape index (κ2) is 7.37. The molecule has 0 amide bonds. The molecule has 1 aromatic heterocycles. The predicted octanol–water partition coefficient (Wildman–Crippen LogP) is 2.60. The van der Waals surface area contributed by atoms with E-state index in [0.717, 1.165) is 25.2 Å². The Morgan fingerprint density at radius 2 is 1.80 bits per heavy atom. The summed E-state index contributed by atoms with van der Waals surface area (Å²) in [5, 5.41) is 12.4. The minimum atomic E-state index is 0.901. The summed E-state index contributed by atoms with van der Waals surface area (Å²) in [6.45, 7) is 5.29. The van der Waals surface area contributed by atoms with Crippen LogP contribution < -0.4 is 0 Å². The molecule has 15 heavy (non-hydrogen) atoms. The summed E-state index contributed by atoms with van der Waals surface area (Å²) in [6, 6.07) is 0. The molecular weight excluding hydrogens is 188 g/mol. The van der Waals surface area contributed by atoms with Gasteiger partial charge in [0.25, 0.3) is 0 Å². The van der Waals surface area contributed by atoms with E-state index < -0.39 is 0 Å². The lowest BCUT2D eigenvalue weighted by Crippen LogP contribution is -2.02. The molecule has 0 N–H and O–H groups in total. The van der Waals surface area contributed by atoms with Gasteiger partial charge in [0, 0.05) is 6.42 Å². The van der Waals surface area contributed by atoms with Crippen LogP contribution >= 0.6 is 0 Å². The van der Waals surface area contributed by atoms with Gasteiger partial charge in [-0.2, -0.15) is 4.80 Å². The summed E-state index contributed by atoms with van der Waals surface area (Å²) in [4.78, 5) is 1.72. The van der Waals surface area contributed by atoms with Crippen LogP contribution in [0, 0.1) is 0 Å². The Bertz CT molecular complexity index is 257. The van der Waals surface area contributed by atoms with E-state index in [9.17, 15) is 0 Å². The van der Waals surface area contributed by atoms with Gasteiger partial charge in [-0.05, 0) is 18.1 Å². The number of hydrogen-bond donors (Lipinski definition) is 0. The second-order valence-corrected chi connectivity index (χ2v) is 3.97. The van der Waals surface area contributed by atoms with Gasteiger partial charge in [0.05, 0.1) is 6.54 Å². The molecule has 1 rings (SSSR count). The molecule has 0 atom stereocenters. The highest BCUT2D eigenvalue weighted by Gasteiger charge is 2.01. The predicted molar refractivity (Wildman–Crippen MR) is 60.6 cm³/mol. The molecule has 0 saturated heterocycles. The number of rotatable bonds is 8.